The molecule has 2 heteroatoms. The minimum absolute atomic E-state index is 0.574. The lowest BCUT2D eigenvalue weighted by Crippen LogP contribution is -2.28. The molecule has 0 aliphatic heterocycles. The molecule has 1 atom stereocenters. The number of rotatable bonds is 6. The summed E-state index contributed by atoms with van der Waals surface area (Å²) in [5, 5.41) is 0.810. The first-order valence-electron chi connectivity index (χ1n) is 6.13. The quantitative estimate of drug-likeness (QED) is 0.648. The van der Waals surface area contributed by atoms with Gasteiger partial charge in [-0.2, -0.15) is 0 Å². The molecule has 1 rings (SSSR count). The third-order valence-electron chi connectivity index (χ3n) is 3.10. The summed E-state index contributed by atoms with van der Waals surface area (Å²) in [6, 6.07) is 8.64. The summed E-state index contributed by atoms with van der Waals surface area (Å²) in [6.45, 7) is 4.52. The Morgan fingerprint density at radius 3 is 2.69 bits per heavy atom. The summed E-state index contributed by atoms with van der Waals surface area (Å²) in [6.07, 6.45) is 5.17. The zero-order valence-corrected chi connectivity index (χ0v) is 11.3. The van der Waals surface area contributed by atoms with Crippen molar-refractivity contribution in [1.29, 1.82) is 0 Å². The summed E-state index contributed by atoms with van der Waals surface area (Å²) < 4.78 is 0. The van der Waals surface area contributed by atoms with Gasteiger partial charge in [-0.15, -0.1) is 0 Å². The molecule has 0 aliphatic carbocycles. The summed E-state index contributed by atoms with van der Waals surface area (Å²) in [7, 11) is 2.14. The minimum atomic E-state index is 0.574. The number of anilines is 1. The SMILES string of the molecule is CCCCCC(C)N(C)c1cccc(Cl)c1. The van der Waals surface area contributed by atoms with E-state index in [-0.39, 0.29) is 0 Å². The molecule has 0 amide bonds. The third kappa shape index (κ3) is 4.05. The van der Waals surface area contributed by atoms with Crippen LogP contribution in [0.15, 0.2) is 24.3 Å². The van der Waals surface area contributed by atoms with Crippen LogP contribution in [0, 0.1) is 0 Å². The van der Waals surface area contributed by atoms with Gasteiger partial charge in [0.2, 0.25) is 0 Å². The Hall–Kier alpha value is -0.690. The molecule has 0 bridgehead atoms. The first-order chi connectivity index (χ1) is 7.65. The zero-order chi connectivity index (χ0) is 12.0. The Balaban J connectivity index is 2.52. The molecule has 1 unspecified atom stereocenters. The van der Waals surface area contributed by atoms with E-state index in [4.69, 9.17) is 11.6 Å². The van der Waals surface area contributed by atoms with E-state index in [2.05, 4.69) is 31.9 Å². The van der Waals surface area contributed by atoms with Gasteiger partial charge in [-0.25, -0.2) is 0 Å². The van der Waals surface area contributed by atoms with Gasteiger partial charge in [0, 0.05) is 23.8 Å². The maximum absolute atomic E-state index is 5.99. The molecular weight excluding hydrogens is 218 g/mol. The number of hydrogen-bond donors (Lipinski definition) is 0. The molecule has 0 saturated carbocycles. The molecule has 1 aromatic rings. The van der Waals surface area contributed by atoms with E-state index in [1.807, 2.05) is 18.2 Å². The van der Waals surface area contributed by atoms with Crippen molar-refractivity contribution < 1.29 is 0 Å². The van der Waals surface area contributed by atoms with E-state index in [0.29, 0.717) is 6.04 Å². The fraction of sp³-hybridized carbons (Fsp3) is 0.571. The summed E-state index contributed by atoms with van der Waals surface area (Å²) in [5.41, 5.74) is 1.21. The van der Waals surface area contributed by atoms with Gasteiger partial charge in [-0.1, -0.05) is 43.9 Å². The monoisotopic (exact) mass is 239 g/mol. The van der Waals surface area contributed by atoms with Gasteiger partial charge in [0.05, 0.1) is 0 Å². The highest BCUT2D eigenvalue weighted by molar-refractivity contribution is 6.30. The van der Waals surface area contributed by atoms with Gasteiger partial charge >= 0.3 is 0 Å². The molecule has 90 valence electrons. The lowest BCUT2D eigenvalue weighted by Gasteiger charge is -2.27. The maximum Gasteiger partial charge on any atom is 0.0426 e. The maximum atomic E-state index is 5.99. The van der Waals surface area contributed by atoms with E-state index in [0.717, 1.165) is 5.02 Å². The van der Waals surface area contributed by atoms with Crippen LogP contribution in [-0.2, 0) is 0 Å². The summed E-state index contributed by atoms with van der Waals surface area (Å²) in [5.74, 6) is 0. The number of nitrogens with zero attached hydrogens (tertiary/aromatic N) is 1. The van der Waals surface area contributed by atoms with Crippen LogP contribution in [0.1, 0.15) is 39.5 Å². The smallest absolute Gasteiger partial charge is 0.0426 e. The van der Waals surface area contributed by atoms with Crippen LogP contribution < -0.4 is 4.90 Å². The molecule has 0 fully saturated rings. The van der Waals surface area contributed by atoms with Gasteiger partial charge in [0.25, 0.3) is 0 Å². The lowest BCUT2D eigenvalue weighted by molar-refractivity contribution is 0.569. The number of benzene rings is 1. The first kappa shape index (κ1) is 13.4. The Kier molecular flexibility index (Phi) is 5.68. The molecule has 0 aromatic heterocycles. The topological polar surface area (TPSA) is 3.24 Å². The Morgan fingerprint density at radius 2 is 2.06 bits per heavy atom. The Morgan fingerprint density at radius 1 is 1.31 bits per heavy atom. The van der Waals surface area contributed by atoms with Crippen molar-refractivity contribution in [3.8, 4) is 0 Å². The van der Waals surface area contributed by atoms with Crippen LogP contribution in [-0.4, -0.2) is 13.1 Å². The average molecular weight is 240 g/mol. The molecule has 0 saturated heterocycles. The number of halogens is 1. The van der Waals surface area contributed by atoms with Gasteiger partial charge in [0.15, 0.2) is 0 Å². The highest BCUT2D eigenvalue weighted by Crippen LogP contribution is 2.21. The van der Waals surface area contributed by atoms with Gasteiger partial charge < -0.3 is 4.90 Å². The number of hydrogen-bond acceptors (Lipinski definition) is 1. The normalized spacial score (nSPS) is 12.5. The molecule has 0 spiro atoms. The van der Waals surface area contributed by atoms with Gasteiger partial charge in [0.1, 0.15) is 0 Å². The molecular formula is C14H22ClN. The highest BCUT2D eigenvalue weighted by Gasteiger charge is 2.09. The average Bonchev–Trinajstić information content (AvgIpc) is 2.28. The lowest BCUT2D eigenvalue weighted by atomic mass is 10.1. The van der Waals surface area contributed by atoms with Crippen LogP contribution in [0.4, 0.5) is 5.69 Å². The van der Waals surface area contributed by atoms with Gasteiger partial charge in [-0.05, 0) is 31.5 Å². The van der Waals surface area contributed by atoms with E-state index >= 15 is 0 Å². The molecule has 0 radical (unpaired) electrons. The third-order valence-corrected chi connectivity index (χ3v) is 3.34. The minimum Gasteiger partial charge on any atom is -0.372 e. The van der Waals surface area contributed by atoms with E-state index in [9.17, 15) is 0 Å². The fourth-order valence-corrected chi connectivity index (χ4v) is 2.02. The Bertz CT molecular complexity index is 311. The van der Waals surface area contributed by atoms with Crippen molar-refractivity contribution in [1.82, 2.24) is 0 Å². The largest absolute Gasteiger partial charge is 0.372 e. The number of unbranched alkanes of at least 4 members (excludes halogenated alkanes) is 2. The van der Waals surface area contributed by atoms with Gasteiger partial charge in [-0.3, -0.25) is 0 Å². The summed E-state index contributed by atoms with van der Waals surface area (Å²) >= 11 is 5.99. The van der Waals surface area contributed by atoms with Crippen molar-refractivity contribution in [3.05, 3.63) is 29.3 Å². The fourth-order valence-electron chi connectivity index (χ4n) is 1.83. The highest BCUT2D eigenvalue weighted by atomic mass is 35.5. The van der Waals surface area contributed by atoms with Crippen molar-refractivity contribution in [2.75, 3.05) is 11.9 Å². The van der Waals surface area contributed by atoms with Crippen LogP contribution in [0.2, 0.25) is 5.02 Å². The molecule has 0 N–H and O–H groups in total. The van der Waals surface area contributed by atoms with Crippen LogP contribution in [0.25, 0.3) is 0 Å². The van der Waals surface area contributed by atoms with Crippen molar-refractivity contribution in [2.24, 2.45) is 0 Å². The second-order valence-electron chi connectivity index (χ2n) is 4.44. The first-order valence-corrected chi connectivity index (χ1v) is 6.51. The van der Waals surface area contributed by atoms with Crippen LogP contribution in [0.5, 0.6) is 0 Å². The predicted molar refractivity (Wildman–Crippen MR) is 73.5 cm³/mol. The predicted octanol–water partition coefficient (Wildman–Crippen LogP) is 4.75. The zero-order valence-electron chi connectivity index (χ0n) is 10.5. The van der Waals surface area contributed by atoms with E-state index in [1.165, 1.54) is 31.4 Å². The molecule has 1 aromatic carbocycles. The Labute approximate surface area is 104 Å². The van der Waals surface area contributed by atoms with E-state index < -0.39 is 0 Å². The molecule has 0 aliphatic rings. The second-order valence-corrected chi connectivity index (χ2v) is 4.87. The van der Waals surface area contributed by atoms with E-state index in [1.54, 1.807) is 0 Å². The molecule has 16 heavy (non-hydrogen) atoms. The standard InChI is InChI=1S/C14H22ClN/c1-4-5-6-8-12(2)16(3)14-10-7-9-13(15)11-14/h7,9-12H,4-6,8H2,1-3H3. The van der Waals surface area contributed by atoms with Crippen molar-refractivity contribution >= 4 is 17.3 Å². The van der Waals surface area contributed by atoms with Crippen LogP contribution >= 0.6 is 11.6 Å². The molecule has 0 heterocycles. The second kappa shape index (κ2) is 6.80. The van der Waals surface area contributed by atoms with Crippen LogP contribution in [0.3, 0.4) is 0 Å². The van der Waals surface area contributed by atoms with Crippen molar-refractivity contribution in [3.63, 3.8) is 0 Å². The summed E-state index contributed by atoms with van der Waals surface area (Å²) in [4.78, 5) is 2.31. The molecule has 1 nitrogen and oxygen atoms in total. The van der Waals surface area contributed by atoms with Crippen molar-refractivity contribution in [2.45, 2.75) is 45.6 Å².